The molecule has 4 rings (SSSR count). The molecule has 5 nitrogen and oxygen atoms in total. The summed E-state index contributed by atoms with van der Waals surface area (Å²) in [4.78, 5) is 11.5. The van der Waals surface area contributed by atoms with Gasteiger partial charge in [-0.25, -0.2) is 12.8 Å². The van der Waals surface area contributed by atoms with E-state index in [4.69, 9.17) is 0 Å². The number of carboxylic acid groups (broad SMARTS) is 1. The summed E-state index contributed by atoms with van der Waals surface area (Å²) in [6.45, 7) is 1.58. The van der Waals surface area contributed by atoms with E-state index in [1.54, 1.807) is 31.2 Å². The molecule has 144 valence electrons. The molecule has 0 saturated heterocycles. The zero-order valence-corrected chi connectivity index (χ0v) is 15.9. The number of sulfonamides is 1. The Morgan fingerprint density at radius 1 is 1.21 bits per heavy atom. The Bertz CT molecular complexity index is 1190. The molecule has 28 heavy (non-hydrogen) atoms. The molecule has 2 aromatic rings. The van der Waals surface area contributed by atoms with Crippen LogP contribution in [-0.4, -0.2) is 29.8 Å². The van der Waals surface area contributed by atoms with Crippen LogP contribution in [-0.2, 0) is 14.8 Å². The Morgan fingerprint density at radius 2 is 1.93 bits per heavy atom. The minimum absolute atomic E-state index is 0.149. The number of nitrogens with zero attached hydrogens (tertiary/aromatic N) is 1. The van der Waals surface area contributed by atoms with E-state index in [-0.39, 0.29) is 17.7 Å². The van der Waals surface area contributed by atoms with Gasteiger partial charge in [-0.2, -0.15) is 0 Å². The van der Waals surface area contributed by atoms with Crippen molar-refractivity contribution in [2.45, 2.75) is 30.7 Å². The molecule has 0 amide bonds. The number of carbonyl (C=O) groups is 1. The van der Waals surface area contributed by atoms with E-state index in [0.29, 0.717) is 22.2 Å². The Balaban J connectivity index is 1.91. The quantitative estimate of drug-likeness (QED) is 0.838. The molecule has 1 atom stereocenters. The van der Waals surface area contributed by atoms with Crippen LogP contribution < -0.4 is 0 Å². The molecule has 0 saturated carbocycles. The van der Waals surface area contributed by atoms with E-state index in [9.17, 15) is 22.7 Å². The highest BCUT2D eigenvalue weighted by Gasteiger charge is 2.43. The van der Waals surface area contributed by atoms with E-state index in [0.717, 1.165) is 5.39 Å². The van der Waals surface area contributed by atoms with Gasteiger partial charge in [0, 0.05) is 11.1 Å². The van der Waals surface area contributed by atoms with Crippen molar-refractivity contribution in [3.8, 4) is 0 Å². The van der Waals surface area contributed by atoms with Crippen molar-refractivity contribution in [3.05, 3.63) is 77.3 Å². The number of rotatable bonds is 4. The van der Waals surface area contributed by atoms with Gasteiger partial charge in [0.25, 0.3) is 10.0 Å². The average molecular weight is 399 g/mol. The molecule has 0 bridgehead atoms. The average Bonchev–Trinajstić information content (AvgIpc) is 2.92. The Morgan fingerprint density at radius 3 is 2.68 bits per heavy atom. The molecule has 0 aromatic heterocycles. The standard InChI is InChI=1S/C21H18FNO4S/c1-13-17(12-21(24)25)18-11-15(22)9-10-19(18)23(13)28(26,27)20-8-4-6-14-5-2-3-7-16(14)20/h2-9,11,19H,10,12H2,1H3,(H,24,25). The molecule has 1 aliphatic carbocycles. The molecule has 1 aliphatic heterocycles. The van der Waals surface area contributed by atoms with Gasteiger partial charge in [-0.1, -0.05) is 36.4 Å². The van der Waals surface area contributed by atoms with Gasteiger partial charge < -0.3 is 5.11 Å². The number of halogens is 1. The molecule has 0 spiro atoms. The van der Waals surface area contributed by atoms with Gasteiger partial charge in [0.05, 0.1) is 17.4 Å². The van der Waals surface area contributed by atoms with Crippen LogP contribution in [0.15, 0.2) is 82.2 Å². The lowest BCUT2D eigenvalue weighted by atomic mass is 9.93. The van der Waals surface area contributed by atoms with E-state index in [1.807, 2.05) is 18.2 Å². The minimum atomic E-state index is -3.98. The zero-order chi connectivity index (χ0) is 20.1. The fourth-order valence-electron chi connectivity index (χ4n) is 4.00. The van der Waals surface area contributed by atoms with Crippen LogP contribution in [0.25, 0.3) is 10.8 Å². The maximum Gasteiger partial charge on any atom is 0.307 e. The number of allylic oxidation sites excluding steroid dienone is 3. The van der Waals surface area contributed by atoms with Crippen molar-refractivity contribution in [2.75, 3.05) is 0 Å². The van der Waals surface area contributed by atoms with Gasteiger partial charge in [-0.3, -0.25) is 9.10 Å². The summed E-state index contributed by atoms with van der Waals surface area (Å²) >= 11 is 0. The van der Waals surface area contributed by atoms with Gasteiger partial charge in [0.2, 0.25) is 0 Å². The van der Waals surface area contributed by atoms with Crippen molar-refractivity contribution in [1.29, 1.82) is 0 Å². The molecule has 7 heteroatoms. The number of fused-ring (bicyclic) bond motifs is 2. The van der Waals surface area contributed by atoms with Crippen molar-refractivity contribution in [3.63, 3.8) is 0 Å². The van der Waals surface area contributed by atoms with E-state index >= 15 is 0 Å². The number of carboxylic acids is 1. The summed E-state index contributed by atoms with van der Waals surface area (Å²) in [5.41, 5.74) is 1.10. The highest BCUT2D eigenvalue weighted by atomic mass is 32.2. The van der Waals surface area contributed by atoms with E-state index in [1.165, 1.54) is 16.5 Å². The second-order valence-corrected chi connectivity index (χ2v) is 8.64. The maximum absolute atomic E-state index is 13.9. The molecular formula is C21H18FNO4S. The third-order valence-corrected chi connectivity index (χ3v) is 7.16. The van der Waals surface area contributed by atoms with Crippen LogP contribution in [0.1, 0.15) is 19.8 Å². The fourth-order valence-corrected chi connectivity index (χ4v) is 5.93. The van der Waals surface area contributed by atoms with Crippen molar-refractivity contribution in [1.82, 2.24) is 4.31 Å². The number of aliphatic carboxylic acids is 1. The zero-order valence-electron chi connectivity index (χ0n) is 15.1. The Kier molecular flexibility index (Phi) is 4.34. The predicted octanol–water partition coefficient (Wildman–Crippen LogP) is 4.14. The van der Waals surface area contributed by atoms with Crippen molar-refractivity contribution < 1.29 is 22.7 Å². The van der Waals surface area contributed by atoms with Crippen LogP contribution >= 0.6 is 0 Å². The molecule has 2 aromatic carbocycles. The van der Waals surface area contributed by atoms with Gasteiger partial charge in [-0.15, -0.1) is 0 Å². The Labute approximate surface area is 162 Å². The lowest BCUT2D eigenvalue weighted by Crippen LogP contribution is -2.36. The first-order valence-electron chi connectivity index (χ1n) is 8.82. The first-order chi connectivity index (χ1) is 13.3. The number of benzene rings is 2. The van der Waals surface area contributed by atoms with Crippen molar-refractivity contribution in [2.24, 2.45) is 0 Å². The monoisotopic (exact) mass is 399 g/mol. The maximum atomic E-state index is 13.9. The summed E-state index contributed by atoms with van der Waals surface area (Å²) in [5, 5.41) is 10.6. The fraction of sp³-hybridized carbons (Fsp3) is 0.190. The summed E-state index contributed by atoms with van der Waals surface area (Å²) in [7, 11) is -3.98. The first-order valence-corrected chi connectivity index (χ1v) is 10.3. The molecule has 1 unspecified atom stereocenters. The van der Waals surface area contributed by atoms with Gasteiger partial charge in [0.15, 0.2) is 0 Å². The smallest absolute Gasteiger partial charge is 0.307 e. The molecule has 1 heterocycles. The molecule has 0 radical (unpaired) electrons. The molecule has 1 N–H and O–H groups in total. The normalized spacial score (nSPS) is 19.5. The predicted molar refractivity (Wildman–Crippen MR) is 104 cm³/mol. The van der Waals surface area contributed by atoms with Gasteiger partial charge in [0.1, 0.15) is 5.83 Å². The third-order valence-electron chi connectivity index (χ3n) is 5.20. The van der Waals surface area contributed by atoms with E-state index < -0.39 is 27.9 Å². The second kappa shape index (κ2) is 6.60. The van der Waals surface area contributed by atoms with Gasteiger partial charge >= 0.3 is 5.97 Å². The number of hydrogen-bond acceptors (Lipinski definition) is 3. The van der Waals surface area contributed by atoms with Crippen LogP contribution in [0.2, 0.25) is 0 Å². The summed E-state index contributed by atoms with van der Waals surface area (Å²) in [6, 6.07) is 11.6. The van der Waals surface area contributed by atoms with Crippen LogP contribution in [0, 0.1) is 0 Å². The number of hydrogen-bond donors (Lipinski definition) is 1. The lowest BCUT2D eigenvalue weighted by Gasteiger charge is -2.29. The first kappa shape index (κ1) is 18.4. The van der Waals surface area contributed by atoms with Crippen LogP contribution in [0.4, 0.5) is 4.39 Å². The summed E-state index contributed by atoms with van der Waals surface area (Å²) in [6.07, 6.45) is 2.37. The van der Waals surface area contributed by atoms with Crippen LogP contribution in [0.3, 0.4) is 0 Å². The largest absolute Gasteiger partial charge is 0.481 e. The molecule has 2 aliphatic rings. The Hall–Kier alpha value is -2.93. The third kappa shape index (κ3) is 2.82. The highest BCUT2D eigenvalue weighted by Crippen LogP contribution is 2.44. The topological polar surface area (TPSA) is 74.7 Å². The lowest BCUT2D eigenvalue weighted by molar-refractivity contribution is -0.136. The molecular weight excluding hydrogens is 381 g/mol. The molecule has 0 fully saturated rings. The van der Waals surface area contributed by atoms with Gasteiger partial charge in [-0.05, 0) is 48.1 Å². The van der Waals surface area contributed by atoms with Crippen LogP contribution in [0.5, 0.6) is 0 Å². The summed E-state index contributed by atoms with van der Waals surface area (Å²) in [5.74, 6) is -1.57. The second-order valence-electron chi connectivity index (χ2n) is 6.85. The van der Waals surface area contributed by atoms with Crippen molar-refractivity contribution >= 4 is 26.8 Å². The SMILES string of the molecule is CC1=C(CC(=O)O)C2=CC(F)=CCC2N1S(=O)(=O)c1cccc2ccccc12. The summed E-state index contributed by atoms with van der Waals surface area (Å²) < 4.78 is 42.4. The highest BCUT2D eigenvalue weighted by molar-refractivity contribution is 7.89. The minimum Gasteiger partial charge on any atom is -0.481 e. The van der Waals surface area contributed by atoms with E-state index in [2.05, 4.69) is 0 Å².